The van der Waals surface area contributed by atoms with Crippen LogP contribution in [0.25, 0.3) is 0 Å². The summed E-state index contributed by atoms with van der Waals surface area (Å²) in [5, 5.41) is 7.82. The summed E-state index contributed by atoms with van der Waals surface area (Å²) in [5.74, 6) is 0.666. The molecular weight excluding hydrogens is 360 g/mol. The van der Waals surface area contributed by atoms with Crippen LogP contribution in [0.2, 0.25) is 0 Å². The van der Waals surface area contributed by atoms with Crippen LogP contribution in [0.15, 0.2) is 20.0 Å². The Labute approximate surface area is 132 Å². The fourth-order valence-corrected chi connectivity index (χ4v) is 4.23. The van der Waals surface area contributed by atoms with Crippen LogP contribution in [0.1, 0.15) is 43.2 Å². The van der Waals surface area contributed by atoms with E-state index in [1.165, 1.54) is 12.8 Å². The van der Waals surface area contributed by atoms with Crippen molar-refractivity contribution in [3.05, 3.63) is 16.5 Å². The summed E-state index contributed by atoms with van der Waals surface area (Å²) in [6.07, 6.45) is 4.64. The molecule has 118 valence electrons. The SMILES string of the molecule is CC1CCCC(CNC(=O)c2cc(S(N)(=O)=O)c(Br)o2)C1. The molecule has 6 nitrogen and oxygen atoms in total. The maximum atomic E-state index is 12.0. The van der Waals surface area contributed by atoms with E-state index < -0.39 is 15.9 Å². The predicted molar refractivity (Wildman–Crippen MR) is 81.2 cm³/mol. The van der Waals surface area contributed by atoms with Gasteiger partial charge >= 0.3 is 0 Å². The lowest BCUT2D eigenvalue weighted by Gasteiger charge is -2.26. The first-order valence-corrected chi connectivity index (χ1v) is 9.21. The molecule has 1 aliphatic rings. The normalized spacial score (nSPS) is 23.0. The third-order valence-corrected chi connectivity index (χ3v) is 5.55. The van der Waals surface area contributed by atoms with E-state index in [4.69, 9.17) is 9.56 Å². The lowest BCUT2D eigenvalue weighted by atomic mass is 9.82. The van der Waals surface area contributed by atoms with Crippen molar-refractivity contribution < 1.29 is 17.6 Å². The maximum Gasteiger partial charge on any atom is 0.287 e. The summed E-state index contributed by atoms with van der Waals surface area (Å²) in [6.45, 7) is 2.79. The minimum absolute atomic E-state index is 0.0542. The van der Waals surface area contributed by atoms with Crippen LogP contribution in [0.3, 0.4) is 0 Å². The molecule has 0 saturated heterocycles. The first-order chi connectivity index (χ1) is 9.77. The molecule has 1 aliphatic carbocycles. The molecule has 21 heavy (non-hydrogen) atoms. The molecule has 0 radical (unpaired) electrons. The van der Waals surface area contributed by atoms with Crippen molar-refractivity contribution in [1.29, 1.82) is 0 Å². The molecule has 0 bridgehead atoms. The van der Waals surface area contributed by atoms with Gasteiger partial charge in [0.1, 0.15) is 4.90 Å². The van der Waals surface area contributed by atoms with Gasteiger partial charge in [-0.3, -0.25) is 4.79 Å². The maximum absolute atomic E-state index is 12.0. The minimum atomic E-state index is -3.91. The van der Waals surface area contributed by atoms with Crippen LogP contribution in [-0.4, -0.2) is 20.9 Å². The first-order valence-electron chi connectivity index (χ1n) is 6.87. The monoisotopic (exact) mass is 378 g/mol. The van der Waals surface area contributed by atoms with Crippen molar-refractivity contribution in [2.75, 3.05) is 6.54 Å². The van der Waals surface area contributed by atoms with Crippen LogP contribution in [0.5, 0.6) is 0 Å². The fourth-order valence-electron chi connectivity index (χ4n) is 2.73. The predicted octanol–water partition coefficient (Wildman–Crippen LogP) is 2.25. The fraction of sp³-hybridized carbons (Fsp3) is 0.615. The number of carbonyl (C=O) groups is 1. The van der Waals surface area contributed by atoms with E-state index in [1.54, 1.807) is 0 Å². The number of halogens is 1. The number of hydrogen-bond acceptors (Lipinski definition) is 4. The number of sulfonamides is 1. The average Bonchev–Trinajstić information content (AvgIpc) is 2.78. The first kappa shape index (κ1) is 16.5. The van der Waals surface area contributed by atoms with Gasteiger partial charge in [-0.2, -0.15) is 0 Å². The summed E-state index contributed by atoms with van der Waals surface area (Å²) in [7, 11) is -3.91. The number of amides is 1. The van der Waals surface area contributed by atoms with Crippen molar-refractivity contribution in [3.8, 4) is 0 Å². The van der Waals surface area contributed by atoms with Gasteiger partial charge in [0.25, 0.3) is 5.91 Å². The molecule has 0 aromatic carbocycles. The number of carbonyl (C=O) groups excluding carboxylic acids is 1. The van der Waals surface area contributed by atoms with Gasteiger partial charge in [-0.15, -0.1) is 0 Å². The molecule has 3 N–H and O–H groups in total. The van der Waals surface area contributed by atoms with Crippen molar-refractivity contribution in [2.24, 2.45) is 17.0 Å². The van der Waals surface area contributed by atoms with Crippen molar-refractivity contribution in [3.63, 3.8) is 0 Å². The van der Waals surface area contributed by atoms with E-state index in [0.717, 1.165) is 18.9 Å². The Morgan fingerprint density at radius 2 is 2.24 bits per heavy atom. The second kappa shape index (κ2) is 6.50. The van der Waals surface area contributed by atoms with E-state index in [9.17, 15) is 13.2 Å². The van der Waals surface area contributed by atoms with E-state index in [-0.39, 0.29) is 15.3 Å². The molecule has 1 aromatic rings. The van der Waals surface area contributed by atoms with Gasteiger partial charge in [0.15, 0.2) is 10.4 Å². The number of nitrogens with one attached hydrogen (secondary N) is 1. The quantitative estimate of drug-likeness (QED) is 0.838. The minimum Gasteiger partial charge on any atom is -0.443 e. The van der Waals surface area contributed by atoms with Crippen LogP contribution in [-0.2, 0) is 10.0 Å². The summed E-state index contributed by atoms with van der Waals surface area (Å²) >= 11 is 2.95. The number of rotatable bonds is 4. The van der Waals surface area contributed by atoms with Crippen LogP contribution < -0.4 is 10.5 Å². The molecular formula is C13H19BrN2O4S. The molecule has 1 saturated carbocycles. The van der Waals surface area contributed by atoms with Crippen LogP contribution >= 0.6 is 15.9 Å². The Morgan fingerprint density at radius 1 is 1.52 bits per heavy atom. The van der Waals surface area contributed by atoms with Gasteiger partial charge in [-0.1, -0.05) is 19.8 Å². The van der Waals surface area contributed by atoms with Gasteiger partial charge < -0.3 is 9.73 Å². The molecule has 1 heterocycles. The highest BCUT2D eigenvalue weighted by Crippen LogP contribution is 2.28. The van der Waals surface area contributed by atoms with E-state index >= 15 is 0 Å². The molecule has 2 rings (SSSR count). The number of furan rings is 1. The lowest BCUT2D eigenvalue weighted by Crippen LogP contribution is -2.31. The van der Waals surface area contributed by atoms with Gasteiger partial charge in [0.2, 0.25) is 10.0 Å². The average molecular weight is 379 g/mol. The molecule has 2 unspecified atom stereocenters. The van der Waals surface area contributed by atoms with Gasteiger partial charge in [0, 0.05) is 12.6 Å². The van der Waals surface area contributed by atoms with Crippen molar-refractivity contribution in [1.82, 2.24) is 5.32 Å². The van der Waals surface area contributed by atoms with Gasteiger partial charge in [-0.25, -0.2) is 13.6 Å². The molecule has 1 amide bonds. The highest BCUT2D eigenvalue weighted by molar-refractivity contribution is 9.10. The summed E-state index contributed by atoms with van der Waals surface area (Å²) in [5.41, 5.74) is 0. The number of primary sulfonamides is 1. The van der Waals surface area contributed by atoms with E-state index in [1.807, 2.05) is 0 Å². The Bertz CT molecular complexity index is 626. The van der Waals surface area contributed by atoms with Crippen molar-refractivity contribution >= 4 is 31.9 Å². The highest BCUT2D eigenvalue weighted by atomic mass is 79.9. The number of nitrogens with two attached hydrogens (primary N) is 1. The molecule has 0 spiro atoms. The lowest BCUT2D eigenvalue weighted by molar-refractivity contribution is 0.0911. The standard InChI is InChI=1S/C13H19BrN2O4S/c1-8-3-2-4-9(5-8)7-16-13(17)10-6-11(12(14)20-10)21(15,18)19/h6,8-9H,2-5,7H2,1H3,(H,16,17)(H2,15,18,19). The largest absolute Gasteiger partial charge is 0.443 e. The Morgan fingerprint density at radius 3 is 2.81 bits per heavy atom. The zero-order valence-electron chi connectivity index (χ0n) is 11.8. The van der Waals surface area contributed by atoms with E-state index in [0.29, 0.717) is 18.4 Å². The summed E-state index contributed by atoms with van der Waals surface area (Å²) < 4.78 is 27.6. The van der Waals surface area contributed by atoms with Gasteiger partial charge in [0.05, 0.1) is 0 Å². The van der Waals surface area contributed by atoms with Gasteiger partial charge in [-0.05, 0) is 40.6 Å². The topological polar surface area (TPSA) is 102 Å². The second-order valence-electron chi connectivity index (χ2n) is 5.64. The third-order valence-electron chi connectivity index (χ3n) is 3.78. The van der Waals surface area contributed by atoms with Crippen molar-refractivity contribution in [2.45, 2.75) is 37.5 Å². The summed E-state index contributed by atoms with van der Waals surface area (Å²) in [6, 6.07) is 1.14. The zero-order valence-corrected chi connectivity index (χ0v) is 14.2. The Kier molecular flexibility index (Phi) is 5.11. The van der Waals surface area contributed by atoms with Crippen LogP contribution in [0, 0.1) is 11.8 Å². The molecule has 1 aromatic heterocycles. The molecule has 1 fully saturated rings. The smallest absolute Gasteiger partial charge is 0.287 e. The second-order valence-corrected chi connectivity index (χ2v) is 7.89. The Hall–Kier alpha value is -0.860. The Balaban J connectivity index is 1.98. The zero-order chi connectivity index (χ0) is 15.6. The molecule has 0 aliphatic heterocycles. The van der Waals surface area contributed by atoms with E-state index in [2.05, 4.69) is 28.2 Å². The van der Waals surface area contributed by atoms with Crippen LogP contribution in [0.4, 0.5) is 0 Å². The summed E-state index contributed by atoms with van der Waals surface area (Å²) in [4.78, 5) is 11.8. The molecule has 2 atom stereocenters. The highest BCUT2D eigenvalue weighted by Gasteiger charge is 2.23. The number of hydrogen-bond donors (Lipinski definition) is 2. The third kappa shape index (κ3) is 4.31. The molecule has 8 heteroatoms.